The smallest absolute Gasteiger partial charge is 0.328 e. The van der Waals surface area contributed by atoms with Crippen LogP contribution in [0.1, 0.15) is 40.5 Å². The summed E-state index contributed by atoms with van der Waals surface area (Å²) in [5.41, 5.74) is 10.6. The largest absolute Gasteiger partial charge is 0.480 e. The molecule has 0 aliphatic carbocycles. The molecule has 7 amide bonds. The zero-order valence-corrected chi connectivity index (χ0v) is 24.3. The predicted molar refractivity (Wildman–Crippen MR) is 147 cm³/mol. The topological polar surface area (TPSA) is 321 Å². The van der Waals surface area contributed by atoms with Gasteiger partial charge in [0, 0.05) is 0 Å². The number of nitrogens with two attached hydrogens (primary N) is 2. The summed E-state index contributed by atoms with van der Waals surface area (Å²) in [5, 5.41) is 40.8. The maximum absolute atomic E-state index is 13.0. The van der Waals surface area contributed by atoms with Crippen molar-refractivity contribution >= 4 is 47.3 Å². The van der Waals surface area contributed by atoms with Crippen LogP contribution in [0.3, 0.4) is 0 Å². The Balaban J connectivity index is 5.55. The number of primary amides is 1. The lowest BCUT2D eigenvalue weighted by molar-refractivity contribution is -0.142. The number of hydrogen-bond donors (Lipinski definition) is 11. The minimum Gasteiger partial charge on any atom is -0.480 e. The van der Waals surface area contributed by atoms with Crippen LogP contribution >= 0.6 is 0 Å². The van der Waals surface area contributed by atoms with Gasteiger partial charge in [0.25, 0.3) is 0 Å². The first-order valence-electron chi connectivity index (χ1n) is 13.2. The molecular weight excluding hydrogens is 576 g/mol. The van der Waals surface area contributed by atoms with Crippen molar-refractivity contribution in [3.63, 3.8) is 0 Å². The van der Waals surface area contributed by atoms with Crippen molar-refractivity contribution in [1.82, 2.24) is 31.9 Å². The fraction of sp³-hybridized carbons (Fsp3) is 0.667. The number of aliphatic hydroxyl groups is 2. The van der Waals surface area contributed by atoms with Gasteiger partial charge >= 0.3 is 5.97 Å². The zero-order chi connectivity index (χ0) is 33.4. The van der Waals surface area contributed by atoms with E-state index < -0.39 is 110 Å². The van der Waals surface area contributed by atoms with E-state index in [1.807, 2.05) is 5.32 Å². The first kappa shape index (κ1) is 38.6. The number of carboxylic acid groups (broad SMARTS) is 1. The highest BCUT2D eigenvalue weighted by Crippen LogP contribution is 2.06. The third-order valence-electron chi connectivity index (χ3n) is 5.60. The second-order valence-electron chi connectivity index (χ2n) is 10.0. The molecule has 0 radical (unpaired) electrons. The Morgan fingerprint density at radius 2 is 1.16 bits per heavy atom. The number of carbonyl (C=O) groups excluding carboxylic acids is 7. The summed E-state index contributed by atoms with van der Waals surface area (Å²) < 4.78 is 0. The van der Waals surface area contributed by atoms with Gasteiger partial charge in [-0.1, -0.05) is 13.8 Å². The normalized spacial score (nSPS) is 15.0. The van der Waals surface area contributed by atoms with E-state index in [1.54, 1.807) is 13.8 Å². The molecule has 0 bridgehead atoms. The molecule has 0 heterocycles. The molecule has 0 saturated heterocycles. The molecule has 0 aromatic carbocycles. The molecule has 0 aliphatic rings. The molecule has 43 heavy (non-hydrogen) atoms. The summed E-state index contributed by atoms with van der Waals surface area (Å²) >= 11 is 0. The maximum atomic E-state index is 13.0. The van der Waals surface area contributed by atoms with Crippen molar-refractivity contribution in [2.24, 2.45) is 17.4 Å². The third kappa shape index (κ3) is 14.9. The number of aliphatic carboxylic acids is 1. The van der Waals surface area contributed by atoms with Crippen LogP contribution in [0, 0.1) is 5.92 Å². The van der Waals surface area contributed by atoms with Crippen LogP contribution in [0.25, 0.3) is 0 Å². The van der Waals surface area contributed by atoms with E-state index in [9.17, 15) is 43.5 Å². The van der Waals surface area contributed by atoms with Gasteiger partial charge in [-0.05, 0) is 26.2 Å². The molecule has 0 aliphatic heterocycles. The van der Waals surface area contributed by atoms with E-state index in [0.29, 0.717) is 0 Å². The number of amides is 7. The summed E-state index contributed by atoms with van der Waals surface area (Å²) in [6.07, 6.45) is -0.703. The Hall–Kier alpha value is -4.36. The molecule has 0 spiro atoms. The van der Waals surface area contributed by atoms with Gasteiger partial charge in [-0.25, -0.2) is 4.79 Å². The molecule has 244 valence electrons. The Morgan fingerprint density at radius 3 is 1.63 bits per heavy atom. The minimum atomic E-state index is -1.65. The average molecular weight is 619 g/mol. The van der Waals surface area contributed by atoms with Crippen LogP contribution in [0.15, 0.2) is 0 Å². The average Bonchev–Trinajstić information content (AvgIpc) is 2.91. The van der Waals surface area contributed by atoms with Crippen LogP contribution in [-0.2, 0) is 38.4 Å². The quantitative estimate of drug-likeness (QED) is 0.0644. The number of hydrogen-bond acceptors (Lipinski definition) is 11. The van der Waals surface area contributed by atoms with Crippen molar-refractivity contribution in [3.05, 3.63) is 0 Å². The van der Waals surface area contributed by atoms with E-state index in [2.05, 4.69) is 26.6 Å². The van der Waals surface area contributed by atoms with Crippen LogP contribution in [0.5, 0.6) is 0 Å². The molecule has 13 N–H and O–H groups in total. The minimum absolute atomic E-state index is 0.0329. The predicted octanol–water partition coefficient (Wildman–Crippen LogP) is -6.12. The Labute approximate surface area is 247 Å². The van der Waals surface area contributed by atoms with Crippen LogP contribution in [0.4, 0.5) is 0 Å². The molecular formula is C24H42N8O11. The number of carbonyl (C=O) groups is 8. The van der Waals surface area contributed by atoms with Crippen molar-refractivity contribution in [3.8, 4) is 0 Å². The van der Waals surface area contributed by atoms with Crippen LogP contribution < -0.4 is 43.4 Å². The lowest BCUT2D eigenvalue weighted by atomic mass is 10.0. The van der Waals surface area contributed by atoms with Crippen molar-refractivity contribution in [1.29, 1.82) is 0 Å². The molecule has 6 atom stereocenters. The summed E-state index contributed by atoms with van der Waals surface area (Å²) in [4.78, 5) is 97.2. The maximum Gasteiger partial charge on any atom is 0.328 e. The van der Waals surface area contributed by atoms with E-state index in [0.717, 1.165) is 0 Å². The lowest BCUT2D eigenvalue weighted by Crippen LogP contribution is -2.60. The van der Waals surface area contributed by atoms with Gasteiger partial charge in [0.15, 0.2) is 0 Å². The second-order valence-corrected chi connectivity index (χ2v) is 10.0. The lowest BCUT2D eigenvalue weighted by Gasteiger charge is -2.25. The number of carboxylic acids is 1. The highest BCUT2D eigenvalue weighted by atomic mass is 16.4. The fourth-order valence-corrected chi connectivity index (χ4v) is 3.28. The van der Waals surface area contributed by atoms with Crippen molar-refractivity contribution in [2.45, 2.75) is 76.8 Å². The SMILES string of the molecule is CC(C)C[C@H](NC(=O)[C@H](CC(N)=O)NC(=O)[C@H](CO)NC(=O)[C@H](C)NC(=O)[C@H](C)N)C(=O)NCC(=O)N[C@@H](CO)C(=O)O. The summed E-state index contributed by atoms with van der Waals surface area (Å²) in [7, 11) is 0. The van der Waals surface area contributed by atoms with Crippen molar-refractivity contribution < 1.29 is 53.7 Å². The number of rotatable bonds is 19. The Morgan fingerprint density at radius 1 is 0.651 bits per heavy atom. The van der Waals surface area contributed by atoms with E-state index in [4.69, 9.17) is 21.7 Å². The van der Waals surface area contributed by atoms with Crippen LogP contribution in [-0.4, -0.2) is 119 Å². The highest BCUT2D eigenvalue weighted by Gasteiger charge is 2.32. The monoisotopic (exact) mass is 618 g/mol. The molecule has 0 fully saturated rings. The van der Waals surface area contributed by atoms with Gasteiger partial charge in [0.05, 0.1) is 32.2 Å². The number of aliphatic hydroxyl groups excluding tert-OH is 2. The van der Waals surface area contributed by atoms with E-state index >= 15 is 0 Å². The number of nitrogens with one attached hydrogen (secondary N) is 6. The van der Waals surface area contributed by atoms with Crippen molar-refractivity contribution in [2.75, 3.05) is 19.8 Å². The summed E-state index contributed by atoms with van der Waals surface area (Å²) in [6, 6.07) is -8.23. The molecule has 0 aromatic heterocycles. The Kier molecular flexibility index (Phi) is 17.0. The van der Waals surface area contributed by atoms with E-state index in [-0.39, 0.29) is 12.3 Å². The molecule has 19 heteroatoms. The highest BCUT2D eigenvalue weighted by molar-refractivity contribution is 5.97. The van der Waals surface area contributed by atoms with Gasteiger partial charge in [0.2, 0.25) is 41.4 Å². The molecule has 0 saturated carbocycles. The van der Waals surface area contributed by atoms with Gasteiger partial charge in [-0.2, -0.15) is 0 Å². The summed E-state index contributed by atoms with van der Waals surface area (Å²) in [5.74, 6) is -8.15. The van der Waals surface area contributed by atoms with Gasteiger partial charge in [-0.15, -0.1) is 0 Å². The van der Waals surface area contributed by atoms with Gasteiger partial charge in [-0.3, -0.25) is 33.6 Å². The molecule has 0 rings (SSSR count). The Bertz CT molecular complexity index is 1040. The van der Waals surface area contributed by atoms with E-state index in [1.165, 1.54) is 13.8 Å². The van der Waals surface area contributed by atoms with Gasteiger partial charge < -0.3 is 58.7 Å². The zero-order valence-electron chi connectivity index (χ0n) is 24.3. The standard InChI is InChI=1S/C24H42N8O11/c1-10(2)5-13(21(39)27-7-18(36)29-16(9-34)24(42)43)30-22(40)14(6-17(26)35)31-23(41)15(8-33)32-20(38)12(4)28-19(37)11(3)25/h10-16,33-34H,5-9,25H2,1-4H3,(H2,26,35)(H,27,39)(H,28,37)(H,29,36)(H,30,40)(H,31,41)(H,32,38)(H,42,43)/t11-,12-,13-,14-,15-,16-/m0/s1. The third-order valence-corrected chi connectivity index (χ3v) is 5.60. The first-order valence-corrected chi connectivity index (χ1v) is 13.2. The first-order chi connectivity index (χ1) is 19.9. The van der Waals surface area contributed by atoms with Crippen LogP contribution in [0.2, 0.25) is 0 Å². The second kappa shape index (κ2) is 18.9. The fourth-order valence-electron chi connectivity index (χ4n) is 3.28. The molecule has 0 unspecified atom stereocenters. The summed E-state index contributed by atoms with van der Waals surface area (Å²) in [6.45, 7) is 3.59. The van der Waals surface area contributed by atoms with Gasteiger partial charge in [0.1, 0.15) is 30.2 Å². The molecule has 0 aromatic rings. The molecule has 19 nitrogen and oxygen atoms in total.